The fraction of sp³-hybridized carbons (Fsp3) is 0.600. The second-order valence-electron chi connectivity index (χ2n) is 7.96. The lowest BCUT2D eigenvalue weighted by Gasteiger charge is -2.58. The van der Waals surface area contributed by atoms with Crippen LogP contribution in [-0.4, -0.2) is 48.0 Å². The summed E-state index contributed by atoms with van der Waals surface area (Å²) >= 11 is 0. The molecule has 128 valence electrons. The third-order valence-corrected chi connectivity index (χ3v) is 6.78. The molecule has 24 heavy (non-hydrogen) atoms. The monoisotopic (exact) mass is 327 g/mol. The quantitative estimate of drug-likeness (QED) is 0.846. The van der Waals surface area contributed by atoms with Crippen LogP contribution in [0, 0.1) is 5.92 Å². The summed E-state index contributed by atoms with van der Waals surface area (Å²) in [5.74, 6) is 2.08. The minimum absolute atomic E-state index is 0.0956. The maximum Gasteiger partial charge on any atom is 0.165 e. The molecule has 3 unspecified atom stereocenters. The average Bonchev–Trinajstić information content (AvgIpc) is 2.90. The Morgan fingerprint density at radius 3 is 2.92 bits per heavy atom. The molecule has 0 saturated carbocycles. The number of likely N-dealkylation sites (tertiary alicyclic amines) is 1. The first-order valence-electron chi connectivity index (χ1n) is 9.07. The summed E-state index contributed by atoms with van der Waals surface area (Å²) in [5, 5.41) is 10.7. The lowest BCUT2D eigenvalue weighted by Crippen LogP contribution is -2.66. The Hall–Kier alpha value is -1.52. The molecule has 4 aliphatic rings. The van der Waals surface area contributed by atoms with Crippen molar-refractivity contribution in [2.75, 3.05) is 13.7 Å². The van der Waals surface area contributed by atoms with E-state index in [0.29, 0.717) is 18.0 Å². The standard InChI is InChI=1S/C20H25NO3/c1-11(2)21-9-8-20-13-5-6-15(22)19(20)24-18-16(23-3)7-4-12(17(18)20)10-14(13)21/h4-7,11,13-15,19,22H,8-10H2,1-3H3/t13?,14-,15?,19?,20+/m1/s1. The highest BCUT2D eigenvalue weighted by Crippen LogP contribution is 2.62. The molecule has 0 amide bonds. The molecule has 1 N–H and O–H groups in total. The van der Waals surface area contributed by atoms with E-state index in [-0.39, 0.29) is 11.5 Å². The highest BCUT2D eigenvalue weighted by molar-refractivity contribution is 5.62. The molecule has 0 radical (unpaired) electrons. The normalized spacial score (nSPS) is 38.9. The number of hydrogen-bond donors (Lipinski definition) is 1. The Morgan fingerprint density at radius 2 is 2.17 bits per heavy atom. The number of ether oxygens (including phenoxy) is 2. The van der Waals surface area contributed by atoms with Gasteiger partial charge in [-0.3, -0.25) is 4.90 Å². The molecule has 4 nitrogen and oxygen atoms in total. The first-order chi connectivity index (χ1) is 11.6. The summed E-state index contributed by atoms with van der Waals surface area (Å²) in [5.41, 5.74) is 2.60. The Balaban J connectivity index is 1.76. The van der Waals surface area contributed by atoms with Crippen molar-refractivity contribution in [3.63, 3.8) is 0 Å². The maximum atomic E-state index is 10.7. The van der Waals surface area contributed by atoms with Gasteiger partial charge in [-0.25, -0.2) is 0 Å². The second kappa shape index (κ2) is 4.77. The zero-order valence-corrected chi connectivity index (χ0v) is 14.5. The van der Waals surface area contributed by atoms with Crippen molar-refractivity contribution < 1.29 is 14.6 Å². The second-order valence-corrected chi connectivity index (χ2v) is 7.96. The smallest absolute Gasteiger partial charge is 0.165 e. The molecular formula is C20H25NO3. The third kappa shape index (κ3) is 1.56. The van der Waals surface area contributed by atoms with Crippen molar-refractivity contribution in [3.05, 3.63) is 35.4 Å². The van der Waals surface area contributed by atoms with Crippen LogP contribution in [-0.2, 0) is 11.8 Å². The summed E-state index contributed by atoms with van der Waals surface area (Å²) in [6.45, 7) is 5.64. The van der Waals surface area contributed by atoms with Gasteiger partial charge < -0.3 is 14.6 Å². The number of aliphatic hydroxyl groups excluding tert-OH is 1. The molecule has 2 heterocycles. The number of rotatable bonds is 2. The van der Waals surface area contributed by atoms with Gasteiger partial charge in [0.05, 0.1) is 7.11 Å². The Bertz CT molecular complexity index is 728. The molecule has 1 aromatic rings. The number of aliphatic hydroxyl groups is 1. The first kappa shape index (κ1) is 14.8. The Morgan fingerprint density at radius 1 is 1.33 bits per heavy atom. The van der Waals surface area contributed by atoms with Crippen LogP contribution < -0.4 is 9.47 Å². The van der Waals surface area contributed by atoms with Crippen LogP contribution >= 0.6 is 0 Å². The lowest BCUT2D eigenvalue weighted by atomic mass is 9.53. The molecule has 1 fully saturated rings. The van der Waals surface area contributed by atoms with E-state index in [9.17, 15) is 5.11 Å². The average molecular weight is 327 g/mol. The molecule has 5 rings (SSSR count). The molecule has 1 aromatic carbocycles. The van der Waals surface area contributed by atoms with Gasteiger partial charge in [-0.15, -0.1) is 0 Å². The molecule has 4 heteroatoms. The third-order valence-electron chi connectivity index (χ3n) is 6.78. The highest BCUT2D eigenvalue weighted by atomic mass is 16.5. The first-order valence-corrected chi connectivity index (χ1v) is 9.07. The Kier molecular flexibility index (Phi) is 2.94. The maximum absolute atomic E-state index is 10.7. The number of nitrogens with zero attached hydrogens (tertiary/aromatic N) is 1. The minimum atomic E-state index is -0.546. The summed E-state index contributed by atoms with van der Waals surface area (Å²) in [6.07, 6.45) is 5.57. The van der Waals surface area contributed by atoms with Crippen LogP contribution in [0.15, 0.2) is 24.3 Å². The van der Waals surface area contributed by atoms with E-state index in [1.807, 2.05) is 12.1 Å². The summed E-state index contributed by atoms with van der Waals surface area (Å²) < 4.78 is 11.9. The van der Waals surface area contributed by atoms with Gasteiger partial charge in [0.2, 0.25) is 0 Å². The Labute approximate surface area is 143 Å². The van der Waals surface area contributed by atoms with Gasteiger partial charge in [0, 0.05) is 29.0 Å². The zero-order chi connectivity index (χ0) is 16.6. The van der Waals surface area contributed by atoms with E-state index in [0.717, 1.165) is 30.9 Å². The zero-order valence-electron chi connectivity index (χ0n) is 14.5. The molecule has 2 aliphatic heterocycles. The van der Waals surface area contributed by atoms with Gasteiger partial charge in [-0.2, -0.15) is 0 Å². The van der Waals surface area contributed by atoms with E-state index in [1.165, 1.54) is 11.1 Å². The van der Waals surface area contributed by atoms with Gasteiger partial charge in [-0.05, 0) is 44.9 Å². The highest BCUT2D eigenvalue weighted by Gasteiger charge is 2.64. The summed E-state index contributed by atoms with van der Waals surface area (Å²) in [6, 6.07) is 5.26. The predicted molar refractivity (Wildman–Crippen MR) is 91.7 cm³/mol. The van der Waals surface area contributed by atoms with Crippen molar-refractivity contribution in [1.82, 2.24) is 4.90 Å². The molecule has 5 atom stereocenters. The van der Waals surface area contributed by atoms with Crippen LogP contribution in [0.2, 0.25) is 0 Å². The fourth-order valence-corrected chi connectivity index (χ4v) is 5.88. The van der Waals surface area contributed by atoms with E-state index >= 15 is 0 Å². The molecule has 1 saturated heterocycles. The lowest BCUT2D eigenvalue weighted by molar-refractivity contribution is -0.0591. The van der Waals surface area contributed by atoms with Gasteiger partial charge in [0.1, 0.15) is 12.2 Å². The van der Waals surface area contributed by atoms with Crippen LogP contribution in [0.5, 0.6) is 11.5 Å². The van der Waals surface area contributed by atoms with E-state index < -0.39 is 6.10 Å². The predicted octanol–water partition coefficient (Wildman–Crippen LogP) is 2.28. The van der Waals surface area contributed by atoms with Crippen LogP contribution in [0.1, 0.15) is 31.4 Å². The fourth-order valence-electron chi connectivity index (χ4n) is 5.88. The van der Waals surface area contributed by atoms with Crippen molar-refractivity contribution >= 4 is 0 Å². The van der Waals surface area contributed by atoms with E-state index in [1.54, 1.807) is 7.11 Å². The van der Waals surface area contributed by atoms with Gasteiger partial charge in [0.25, 0.3) is 0 Å². The van der Waals surface area contributed by atoms with Crippen LogP contribution in [0.3, 0.4) is 0 Å². The molecule has 2 bridgehead atoms. The number of benzene rings is 1. The summed E-state index contributed by atoms with van der Waals surface area (Å²) in [7, 11) is 1.69. The number of methoxy groups -OCH3 is 1. The minimum Gasteiger partial charge on any atom is -0.493 e. The van der Waals surface area contributed by atoms with Crippen LogP contribution in [0.4, 0.5) is 0 Å². The van der Waals surface area contributed by atoms with Crippen molar-refractivity contribution in [2.45, 2.75) is 56.4 Å². The largest absolute Gasteiger partial charge is 0.493 e. The summed E-state index contributed by atoms with van der Waals surface area (Å²) in [4.78, 5) is 2.64. The topological polar surface area (TPSA) is 41.9 Å². The van der Waals surface area contributed by atoms with E-state index in [2.05, 4.69) is 30.9 Å². The van der Waals surface area contributed by atoms with Gasteiger partial charge in [-0.1, -0.05) is 18.2 Å². The van der Waals surface area contributed by atoms with Gasteiger partial charge >= 0.3 is 0 Å². The van der Waals surface area contributed by atoms with E-state index in [4.69, 9.17) is 9.47 Å². The molecule has 1 spiro atoms. The van der Waals surface area contributed by atoms with Crippen molar-refractivity contribution in [1.29, 1.82) is 0 Å². The van der Waals surface area contributed by atoms with Gasteiger partial charge in [0.15, 0.2) is 11.5 Å². The SMILES string of the molecule is COc1ccc2c3c1OC1C(O)C=CC4[C@@H](C2)N(C(C)C)CC[C@]314. The van der Waals surface area contributed by atoms with Crippen molar-refractivity contribution in [3.8, 4) is 11.5 Å². The van der Waals surface area contributed by atoms with Crippen LogP contribution in [0.25, 0.3) is 0 Å². The number of piperidine rings is 1. The molecule has 0 aromatic heterocycles. The molecule has 2 aliphatic carbocycles. The van der Waals surface area contributed by atoms with Crippen molar-refractivity contribution in [2.24, 2.45) is 5.92 Å². The molecular weight excluding hydrogens is 302 g/mol. The number of hydrogen-bond acceptors (Lipinski definition) is 4.